The number of nitrogens with zero attached hydrogens (tertiary/aromatic N) is 3. The number of benzene rings is 2. The Morgan fingerprint density at radius 3 is 2.62 bits per heavy atom. The molecule has 5 rings (SSSR count). The molecule has 0 bridgehead atoms. The predicted octanol–water partition coefficient (Wildman–Crippen LogP) is 6.20. The molecule has 2 aromatic heterocycles. The van der Waals surface area contributed by atoms with Gasteiger partial charge in [0.05, 0.1) is 23.0 Å². The normalized spacial score (nSPS) is 16.1. The summed E-state index contributed by atoms with van der Waals surface area (Å²) in [5.74, 6) is 0.451. The van der Waals surface area contributed by atoms with Gasteiger partial charge in [-0.05, 0) is 42.0 Å². The topological polar surface area (TPSA) is 71.3 Å². The van der Waals surface area contributed by atoms with Gasteiger partial charge >= 0.3 is 6.03 Å². The van der Waals surface area contributed by atoms with E-state index in [1.54, 1.807) is 18.2 Å². The predicted molar refractivity (Wildman–Crippen MR) is 129 cm³/mol. The lowest BCUT2D eigenvalue weighted by Gasteiger charge is -2.35. The van der Waals surface area contributed by atoms with Crippen LogP contribution < -0.4 is 5.32 Å². The van der Waals surface area contributed by atoms with Crippen LogP contribution in [0.15, 0.2) is 76.3 Å². The summed E-state index contributed by atoms with van der Waals surface area (Å²) in [4.78, 5) is 20.2. The Balaban J connectivity index is 1.60. The van der Waals surface area contributed by atoms with E-state index in [1.165, 1.54) is 27.9 Å². The van der Waals surface area contributed by atoms with Crippen LogP contribution in [0.25, 0.3) is 16.3 Å². The van der Waals surface area contributed by atoms with Crippen molar-refractivity contribution >= 4 is 22.9 Å². The van der Waals surface area contributed by atoms with Crippen molar-refractivity contribution in [2.24, 2.45) is 0 Å². The minimum absolute atomic E-state index is 0.0846. The molecule has 0 radical (unpaired) electrons. The summed E-state index contributed by atoms with van der Waals surface area (Å²) >= 11 is 1.52. The molecular formula is C26H23FN4O2S. The number of carbonyl (C=O) groups excluding carboxylic acids is 1. The van der Waals surface area contributed by atoms with E-state index in [-0.39, 0.29) is 18.4 Å². The van der Waals surface area contributed by atoms with Gasteiger partial charge in [-0.2, -0.15) is 4.98 Å². The number of halogens is 1. The number of carbonyl (C=O) groups is 1. The number of nitrogens with one attached hydrogen (secondary N) is 1. The van der Waals surface area contributed by atoms with E-state index >= 15 is 0 Å². The Kier molecular flexibility index (Phi) is 5.98. The average Bonchev–Trinajstić information content (AvgIpc) is 3.55. The number of hydrogen-bond donors (Lipinski definition) is 1. The number of aromatic nitrogens is 2. The first-order valence-electron chi connectivity index (χ1n) is 11.0. The van der Waals surface area contributed by atoms with Crippen LogP contribution in [-0.2, 0) is 13.0 Å². The molecule has 8 heteroatoms. The maximum absolute atomic E-state index is 14.4. The Morgan fingerprint density at radius 1 is 1.12 bits per heavy atom. The second kappa shape index (κ2) is 9.23. The van der Waals surface area contributed by atoms with E-state index < -0.39 is 6.04 Å². The van der Waals surface area contributed by atoms with Crippen molar-refractivity contribution in [2.75, 3.05) is 0 Å². The van der Waals surface area contributed by atoms with Gasteiger partial charge in [0.15, 0.2) is 0 Å². The monoisotopic (exact) mass is 474 g/mol. The Bertz CT molecular complexity index is 1350. The number of urea groups is 1. The standard InChI is InChI=1S/C26H23FN4O2S/c1-3-17-10-12-18(13-11-17)23-22(25-29-24(30-33-25)21-9-6-14-34-21)16(2)31(26(32)28-23)15-19-7-4-5-8-20(19)27/h4-14,23H,3,15H2,1-2H3,(H,28,32). The maximum Gasteiger partial charge on any atom is 0.322 e. The van der Waals surface area contributed by atoms with Crippen molar-refractivity contribution in [1.82, 2.24) is 20.4 Å². The Labute approximate surface area is 200 Å². The van der Waals surface area contributed by atoms with Crippen molar-refractivity contribution in [3.8, 4) is 10.7 Å². The lowest BCUT2D eigenvalue weighted by Crippen LogP contribution is -2.45. The van der Waals surface area contributed by atoms with Gasteiger partial charge in [-0.3, -0.25) is 4.90 Å². The van der Waals surface area contributed by atoms with Gasteiger partial charge in [-0.15, -0.1) is 11.3 Å². The summed E-state index contributed by atoms with van der Waals surface area (Å²) in [5.41, 5.74) is 3.86. The number of rotatable bonds is 6. The van der Waals surface area contributed by atoms with Crippen molar-refractivity contribution in [2.45, 2.75) is 32.9 Å². The molecule has 1 N–H and O–H groups in total. The summed E-state index contributed by atoms with van der Waals surface area (Å²) in [6.07, 6.45) is 0.920. The van der Waals surface area contributed by atoms with Gasteiger partial charge in [-0.1, -0.05) is 60.6 Å². The third-order valence-electron chi connectivity index (χ3n) is 6.00. The lowest BCUT2D eigenvalue weighted by molar-refractivity contribution is 0.202. The highest BCUT2D eigenvalue weighted by Gasteiger charge is 2.36. The molecule has 1 unspecified atom stereocenters. The Morgan fingerprint density at radius 2 is 1.91 bits per heavy atom. The number of amides is 2. The summed E-state index contributed by atoms with van der Waals surface area (Å²) in [5, 5.41) is 9.18. The quantitative estimate of drug-likeness (QED) is 0.361. The van der Waals surface area contributed by atoms with E-state index in [4.69, 9.17) is 4.52 Å². The molecule has 2 aromatic carbocycles. The maximum atomic E-state index is 14.4. The molecule has 0 fully saturated rings. The van der Waals surface area contributed by atoms with Crippen LogP contribution in [0.2, 0.25) is 0 Å². The van der Waals surface area contributed by atoms with E-state index in [0.717, 1.165) is 16.9 Å². The minimum atomic E-state index is -0.480. The highest BCUT2D eigenvalue weighted by molar-refractivity contribution is 7.13. The van der Waals surface area contributed by atoms with Crippen LogP contribution >= 0.6 is 11.3 Å². The summed E-state index contributed by atoms with van der Waals surface area (Å²) in [6.45, 7) is 4.01. The number of aryl methyl sites for hydroxylation is 1. The van der Waals surface area contributed by atoms with Crippen molar-refractivity contribution < 1.29 is 13.7 Å². The first-order chi connectivity index (χ1) is 16.5. The molecule has 172 valence electrons. The zero-order valence-corrected chi connectivity index (χ0v) is 19.6. The fraction of sp³-hybridized carbons (Fsp3) is 0.192. The number of allylic oxidation sites excluding steroid dienone is 1. The van der Waals surface area contributed by atoms with Crippen LogP contribution in [0.3, 0.4) is 0 Å². The molecule has 1 atom stereocenters. The van der Waals surface area contributed by atoms with Crippen molar-refractivity contribution in [3.63, 3.8) is 0 Å². The van der Waals surface area contributed by atoms with Crippen LogP contribution in [-0.4, -0.2) is 21.1 Å². The van der Waals surface area contributed by atoms with E-state index in [1.807, 2.05) is 48.7 Å². The van der Waals surface area contributed by atoms with Crippen LogP contribution in [0.1, 0.15) is 42.5 Å². The highest BCUT2D eigenvalue weighted by atomic mass is 32.1. The molecule has 1 aliphatic heterocycles. The smallest absolute Gasteiger partial charge is 0.322 e. The largest absolute Gasteiger partial charge is 0.334 e. The molecule has 34 heavy (non-hydrogen) atoms. The van der Waals surface area contributed by atoms with Crippen LogP contribution in [0.5, 0.6) is 0 Å². The number of hydrogen-bond acceptors (Lipinski definition) is 5. The summed E-state index contributed by atoms with van der Waals surface area (Å²) in [6, 6.07) is 17.6. The van der Waals surface area contributed by atoms with Gasteiger partial charge in [0.2, 0.25) is 5.82 Å². The zero-order valence-electron chi connectivity index (χ0n) is 18.8. The molecule has 6 nitrogen and oxygen atoms in total. The van der Waals surface area contributed by atoms with Crippen molar-refractivity contribution in [3.05, 3.63) is 100 Å². The van der Waals surface area contributed by atoms with Gasteiger partial charge in [0, 0.05) is 11.3 Å². The lowest BCUT2D eigenvalue weighted by atomic mass is 9.93. The third-order valence-corrected chi connectivity index (χ3v) is 6.87. The van der Waals surface area contributed by atoms with E-state index in [9.17, 15) is 9.18 Å². The second-order valence-electron chi connectivity index (χ2n) is 8.05. The first-order valence-corrected chi connectivity index (χ1v) is 11.9. The van der Waals surface area contributed by atoms with Gasteiger partial charge in [0.25, 0.3) is 5.89 Å². The average molecular weight is 475 g/mol. The fourth-order valence-corrected chi connectivity index (χ4v) is 4.73. The van der Waals surface area contributed by atoms with Crippen LogP contribution in [0.4, 0.5) is 9.18 Å². The molecule has 0 aliphatic carbocycles. The van der Waals surface area contributed by atoms with E-state index in [0.29, 0.717) is 28.5 Å². The minimum Gasteiger partial charge on any atom is -0.334 e. The molecule has 0 saturated heterocycles. The fourth-order valence-electron chi connectivity index (χ4n) is 4.08. The first kappa shape index (κ1) is 22.0. The van der Waals surface area contributed by atoms with Gasteiger partial charge in [-0.25, -0.2) is 9.18 Å². The zero-order chi connectivity index (χ0) is 23.7. The highest BCUT2D eigenvalue weighted by Crippen LogP contribution is 2.38. The molecule has 0 spiro atoms. The third kappa shape index (κ3) is 4.12. The Hall–Kier alpha value is -3.78. The summed E-state index contributed by atoms with van der Waals surface area (Å²) in [7, 11) is 0. The SMILES string of the molecule is CCc1ccc(C2NC(=O)N(Cc3ccccc3F)C(C)=C2c2nc(-c3cccs3)no2)cc1. The van der Waals surface area contributed by atoms with Gasteiger partial charge < -0.3 is 9.84 Å². The molecule has 3 heterocycles. The molecular weight excluding hydrogens is 451 g/mol. The molecule has 4 aromatic rings. The number of thiophene rings is 1. The molecule has 0 saturated carbocycles. The molecule has 1 aliphatic rings. The van der Waals surface area contributed by atoms with Gasteiger partial charge in [0.1, 0.15) is 5.82 Å². The van der Waals surface area contributed by atoms with E-state index in [2.05, 4.69) is 22.4 Å². The second-order valence-corrected chi connectivity index (χ2v) is 9.00. The molecule has 2 amide bonds. The van der Waals surface area contributed by atoms with Crippen LogP contribution in [0, 0.1) is 5.82 Å². The van der Waals surface area contributed by atoms with Crippen molar-refractivity contribution in [1.29, 1.82) is 0 Å². The summed E-state index contributed by atoms with van der Waals surface area (Å²) < 4.78 is 20.1.